The number of rotatable bonds is 3. The highest BCUT2D eigenvalue weighted by Gasteiger charge is 2.52. The molecule has 9 heteroatoms. The van der Waals surface area contributed by atoms with E-state index >= 15 is 0 Å². The van der Waals surface area contributed by atoms with Crippen molar-refractivity contribution < 1.29 is 29.6 Å². The maximum absolute atomic E-state index is 13.2. The number of aliphatic hydroxyl groups is 3. The molecular formula is C27H42N2O6S. The molecule has 0 aromatic carbocycles. The van der Waals surface area contributed by atoms with Crippen LogP contribution in [-0.2, 0) is 20.9 Å². The number of epoxide rings is 1. The van der Waals surface area contributed by atoms with E-state index in [9.17, 15) is 24.9 Å². The van der Waals surface area contributed by atoms with Gasteiger partial charge < -0.3 is 25.4 Å². The van der Waals surface area contributed by atoms with Crippen molar-refractivity contribution >= 4 is 29.1 Å². The summed E-state index contributed by atoms with van der Waals surface area (Å²) < 4.78 is 6.08. The second kappa shape index (κ2) is 11.4. The number of thiazole rings is 1. The van der Waals surface area contributed by atoms with Crippen molar-refractivity contribution in [3.05, 3.63) is 21.7 Å². The fourth-order valence-corrected chi connectivity index (χ4v) is 5.82. The molecule has 4 N–H and O–H groups in total. The van der Waals surface area contributed by atoms with Crippen molar-refractivity contribution in [1.82, 2.24) is 10.3 Å². The van der Waals surface area contributed by atoms with Crippen molar-refractivity contribution in [3.8, 4) is 0 Å². The number of fused-ring (bicyclic) bond motifs is 1. The summed E-state index contributed by atoms with van der Waals surface area (Å²) in [4.78, 5) is 30.7. The van der Waals surface area contributed by atoms with E-state index in [2.05, 4.69) is 17.2 Å². The first-order valence-electron chi connectivity index (χ1n) is 12.9. The first kappa shape index (κ1) is 28.9. The number of hydrogen-bond donors (Lipinski definition) is 4. The van der Waals surface area contributed by atoms with Crippen LogP contribution in [0.2, 0.25) is 0 Å². The minimum Gasteiger partial charge on any atom is -0.392 e. The van der Waals surface area contributed by atoms with E-state index in [0.29, 0.717) is 11.4 Å². The first-order chi connectivity index (χ1) is 16.8. The Labute approximate surface area is 218 Å². The summed E-state index contributed by atoms with van der Waals surface area (Å²) in [6, 6.07) is -0.331. The largest absolute Gasteiger partial charge is 0.392 e. The molecule has 3 heterocycles. The van der Waals surface area contributed by atoms with Crippen LogP contribution in [0.25, 0.3) is 6.08 Å². The monoisotopic (exact) mass is 522 g/mol. The van der Waals surface area contributed by atoms with Gasteiger partial charge in [0.25, 0.3) is 0 Å². The number of hydrogen-bond acceptors (Lipinski definition) is 8. The van der Waals surface area contributed by atoms with Gasteiger partial charge in [0.05, 0.1) is 54.1 Å². The zero-order valence-electron chi connectivity index (χ0n) is 22.3. The van der Waals surface area contributed by atoms with Crippen molar-refractivity contribution in [2.75, 3.05) is 0 Å². The molecule has 2 saturated heterocycles. The van der Waals surface area contributed by atoms with E-state index in [1.807, 2.05) is 25.3 Å². The zero-order chi connectivity index (χ0) is 26.8. The van der Waals surface area contributed by atoms with Gasteiger partial charge in [-0.15, -0.1) is 11.3 Å². The van der Waals surface area contributed by atoms with Gasteiger partial charge >= 0.3 is 0 Å². The van der Waals surface area contributed by atoms with Gasteiger partial charge in [-0.1, -0.05) is 34.1 Å². The van der Waals surface area contributed by atoms with E-state index in [4.69, 9.17) is 4.74 Å². The molecule has 0 aliphatic carbocycles. The lowest BCUT2D eigenvalue weighted by atomic mass is 9.72. The van der Waals surface area contributed by atoms with Crippen molar-refractivity contribution in [3.63, 3.8) is 0 Å². The summed E-state index contributed by atoms with van der Waals surface area (Å²) in [6.07, 6.45) is 2.67. The first-order valence-corrected chi connectivity index (χ1v) is 13.8. The number of carbonyl (C=O) groups excluding carboxylic acids is 2. The lowest BCUT2D eigenvalue weighted by Crippen LogP contribution is -2.47. The molecule has 0 radical (unpaired) electrons. The number of Topliss-reactive ketones (excluding diaryl/α,β-unsaturated/α-hetero) is 1. The Morgan fingerprint density at radius 2 is 1.97 bits per heavy atom. The maximum atomic E-state index is 13.2. The molecule has 0 saturated carbocycles. The number of nitrogens with zero attached hydrogens (tertiary/aromatic N) is 1. The number of ketones is 1. The lowest BCUT2D eigenvalue weighted by Gasteiger charge is -2.34. The van der Waals surface area contributed by atoms with E-state index in [0.717, 1.165) is 30.5 Å². The highest BCUT2D eigenvalue weighted by molar-refractivity contribution is 7.09. The molecule has 202 valence electrons. The Balaban J connectivity index is 1.85. The Morgan fingerprint density at radius 1 is 1.28 bits per heavy atom. The molecule has 1 aromatic heterocycles. The van der Waals surface area contributed by atoms with Crippen molar-refractivity contribution in [2.45, 2.75) is 110 Å². The second-order valence-corrected chi connectivity index (χ2v) is 12.4. The number of aliphatic hydroxyl groups excluding tert-OH is 3. The predicted molar refractivity (Wildman–Crippen MR) is 139 cm³/mol. The molecule has 2 aliphatic rings. The van der Waals surface area contributed by atoms with Gasteiger partial charge in [-0.05, 0) is 44.3 Å². The second-order valence-electron chi connectivity index (χ2n) is 11.4. The van der Waals surface area contributed by atoms with E-state index in [1.165, 1.54) is 11.3 Å². The SMILES string of the molecule is CC(=Cc1csc(CO)n1)[C@H]1C[C@@H]2O[C@@]2(C)CCC[C@@H](C)[C@@H](O)[C@H](C)C(=O)C(C)(C)[C@H](O)CC(=O)N1. The molecule has 8 nitrogen and oxygen atoms in total. The van der Waals surface area contributed by atoms with Crippen LogP contribution < -0.4 is 5.32 Å². The van der Waals surface area contributed by atoms with Gasteiger partial charge in [0.15, 0.2) is 0 Å². The van der Waals surface area contributed by atoms with Gasteiger partial charge in [-0.2, -0.15) is 0 Å². The molecule has 3 rings (SSSR count). The summed E-state index contributed by atoms with van der Waals surface area (Å²) in [6.45, 7) is 10.8. The van der Waals surface area contributed by atoms with Gasteiger partial charge in [0, 0.05) is 17.7 Å². The standard InChI is InChI=1S/C27H42N2O6S/c1-15-8-7-9-27(6)21(35-27)11-19(16(2)10-18-14-36-23(13-30)28-18)29-22(32)12-20(31)26(4,5)25(34)17(3)24(15)33/h10,14-15,17,19-21,24,30-31,33H,7-9,11-13H2,1-6H3,(H,29,32)/t15-,17+,19-,20-,21+,24-,27+/m1/s1. The predicted octanol–water partition coefficient (Wildman–Crippen LogP) is 3.23. The highest BCUT2D eigenvalue weighted by Crippen LogP contribution is 2.44. The minimum atomic E-state index is -1.19. The minimum absolute atomic E-state index is 0.0235. The van der Waals surface area contributed by atoms with Gasteiger partial charge in [0.1, 0.15) is 10.8 Å². The molecule has 0 bridgehead atoms. The molecule has 7 atom stereocenters. The van der Waals surface area contributed by atoms with Crippen LogP contribution in [0, 0.1) is 17.3 Å². The van der Waals surface area contributed by atoms with E-state index in [-0.39, 0.29) is 48.4 Å². The van der Waals surface area contributed by atoms with Gasteiger partial charge in [-0.3, -0.25) is 9.59 Å². The summed E-state index contributed by atoms with van der Waals surface area (Å²) in [5, 5.41) is 36.6. The maximum Gasteiger partial charge on any atom is 0.223 e. The molecule has 2 fully saturated rings. The Bertz CT molecular complexity index is 975. The molecule has 0 spiro atoms. The van der Waals surface area contributed by atoms with Crippen LogP contribution in [0.3, 0.4) is 0 Å². The molecule has 0 unspecified atom stereocenters. The number of ether oxygens (including phenoxy) is 1. The smallest absolute Gasteiger partial charge is 0.223 e. The quantitative estimate of drug-likeness (QED) is 0.448. The van der Waals surface area contributed by atoms with Gasteiger partial charge in [-0.25, -0.2) is 4.98 Å². The number of aromatic nitrogens is 1. The van der Waals surface area contributed by atoms with Crippen LogP contribution in [0.5, 0.6) is 0 Å². The average molecular weight is 523 g/mol. The third kappa shape index (κ3) is 6.61. The van der Waals surface area contributed by atoms with Crippen LogP contribution in [0.4, 0.5) is 0 Å². The summed E-state index contributed by atoms with van der Waals surface area (Å²) in [5.41, 5.74) is 0.135. The van der Waals surface area contributed by atoms with Crippen LogP contribution >= 0.6 is 11.3 Å². The van der Waals surface area contributed by atoms with Crippen LogP contribution in [0.15, 0.2) is 11.0 Å². The molecule has 36 heavy (non-hydrogen) atoms. The molecular weight excluding hydrogens is 480 g/mol. The number of carbonyl (C=O) groups is 2. The lowest BCUT2D eigenvalue weighted by molar-refractivity contribution is -0.143. The molecule has 1 aromatic rings. The zero-order valence-corrected chi connectivity index (χ0v) is 23.1. The normalized spacial score (nSPS) is 36.8. The number of nitrogens with one attached hydrogen (secondary N) is 1. The fourth-order valence-electron chi connectivity index (χ4n) is 5.21. The van der Waals surface area contributed by atoms with Crippen LogP contribution in [-0.4, -0.2) is 61.9 Å². The Hall–Kier alpha value is -1.65. The summed E-state index contributed by atoms with van der Waals surface area (Å²) in [7, 11) is 0. The third-order valence-electron chi connectivity index (χ3n) is 8.14. The van der Waals surface area contributed by atoms with Gasteiger partial charge in [0.2, 0.25) is 5.91 Å². The topological polar surface area (TPSA) is 132 Å². The highest BCUT2D eigenvalue weighted by atomic mass is 32.1. The fraction of sp³-hybridized carbons (Fsp3) is 0.741. The summed E-state index contributed by atoms with van der Waals surface area (Å²) in [5.74, 6) is -1.33. The van der Waals surface area contributed by atoms with E-state index < -0.39 is 23.5 Å². The van der Waals surface area contributed by atoms with Crippen molar-refractivity contribution in [2.24, 2.45) is 17.3 Å². The van der Waals surface area contributed by atoms with E-state index in [1.54, 1.807) is 20.8 Å². The molecule has 2 aliphatic heterocycles. The van der Waals surface area contributed by atoms with Crippen LogP contribution in [0.1, 0.15) is 84.3 Å². The summed E-state index contributed by atoms with van der Waals surface area (Å²) >= 11 is 1.37. The average Bonchev–Trinajstić information content (AvgIpc) is 3.23. The Kier molecular flexibility index (Phi) is 9.15. The molecule has 1 amide bonds. The number of amides is 1. The van der Waals surface area contributed by atoms with Crippen molar-refractivity contribution in [1.29, 1.82) is 0 Å². The Morgan fingerprint density at radius 3 is 2.61 bits per heavy atom. The third-order valence-corrected chi connectivity index (χ3v) is 8.99.